The SMILES string of the molecule is CCCCCCCC#Cc1ccc(F)cc1C. The van der Waals surface area contributed by atoms with Crippen molar-refractivity contribution in [2.24, 2.45) is 0 Å². The molecular formula is C16H21F. The summed E-state index contributed by atoms with van der Waals surface area (Å²) >= 11 is 0. The quantitative estimate of drug-likeness (QED) is 0.503. The summed E-state index contributed by atoms with van der Waals surface area (Å²) in [6.07, 6.45) is 7.30. The van der Waals surface area contributed by atoms with E-state index in [2.05, 4.69) is 18.8 Å². The van der Waals surface area contributed by atoms with E-state index in [1.54, 1.807) is 6.07 Å². The summed E-state index contributed by atoms with van der Waals surface area (Å²) in [7, 11) is 0. The van der Waals surface area contributed by atoms with Crippen LogP contribution in [0.4, 0.5) is 4.39 Å². The van der Waals surface area contributed by atoms with Crippen molar-refractivity contribution in [1.29, 1.82) is 0 Å². The Morgan fingerprint density at radius 1 is 1.12 bits per heavy atom. The molecule has 0 nitrogen and oxygen atoms in total. The van der Waals surface area contributed by atoms with E-state index in [4.69, 9.17) is 0 Å². The van der Waals surface area contributed by atoms with Gasteiger partial charge in [-0.05, 0) is 37.1 Å². The molecule has 0 heterocycles. The Kier molecular flexibility index (Phi) is 6.40. The van der Waals surface area contributed by atoms with Crippen LogP contribution in [0.15, 0.2) is 18.2 Å². The maximum Gasteiger partial charge on any atom is 0.123 e. The van der Waals surface area contributed by atoms with E-state index < -0.39 is 0 Å². The lowest BCUT2D eigenvalue weighted by atomic mass is 10.1. The summed E-state index contributed by atoms with van der Waals surface area (Å²) in [5, 5.41) is 0. The van der Waals surface area contributed by atoms with Crippen LogP contribution >= 0.6 is 0 Å². The Hall–Kier alpha value is -1.29. The number of hydrogen-bond acceptors (Lipinski definition) is 0. The molecule has 0 saturated carbocycles. The molecule has 0 atom stereocenters. The molecule has 0 aliphatic carbocycles. The minimum Gasteiger partial charge on any atom is -0.207 e. The van der Waals surface area contributed by atoms with Crippen LogP contribution in [0.1, 0.15) is 56.6 Å². The van der Waals surface area contributed by atoms with E-state index in [1.165, 1.54) is 44.2 Å². The van der Waals surface area contributed by atoms with Gasteiger partial charge in [-0.2, -0.15) is 0 Å². The van der Waals surface area contributed by atoms with E-state index in [0.717, 1.165) is 17.5 Å². The first-order valence-corrected chi connectivity index (χ1v) is 6.49. The van der Waals surface area contributed by atoms with Gasteiger partial charge in [-0.1, -0.05) is 44.4 Å². The van der Waals surface area contributed by atoms with Gasteiger partial charge < -0.3 is 0 Å². The predicted octanol–water partition coefficient (Wildman–Crippen LogP) is 4.85. The van der Waals surface area contributed by atoms with Gasteiger partial charge in [-0.15, -0.1) is 0 Å². The van der Waals surface area contributed by atoms with Crippen molar-refractivity contribution < 1.29 is 4.39 Å². The third-order valence-corrected chi connectivity index (χ3v) is 2.82. The summed E-state index contributed by atoms with van der Waals surface area (Å²) in [5.74, 6) is 6.09. The van der Waals surface area contributed by atoms with Crippen molar-refractivity contribution in [3.63, 3.8) is 0 Å². The highest BCUT2D eigenvalue weighted by atomic mass is 19.1. The summed E-state index contributed by atoms with van der Waals surface area (Å²) in [6.45, 7) is 4.12. The molecule has 0 fully saturated rings. The van der Waals surface area contributed by atoms with Gasteiger partial charge >= 0.3 is 0 Å². The minimum absolute atomic E-state index is 0.187. The molecule has 0 aliphatic rings. The summed E-state index contributed by atoms with van der Waals surface area (Å²) in [6, 6.07) is 4.76. The summed E-state index contributed by atoms with van der Waals surface area (Å²) in [5.41, 5.74) is 1.86. The van der Waals surface area contributed by atoms with Gasteiger partial charge in [0.15, 0.2) is 0 Å². The lowest BCUT2D eigenvalue weighted by molar-refractivity contribution is 0.626. The molecule has 0 aliphatic heterocycles. The average molecular weight is 232 g/mol. The molecule has 1 aromatic rings. The monoisotopic (exact) mass is 232 g/mol. The molecule has 1 heteroatoms. The number of hydrogen-bond donors (Lipinski definition) is 0. The fourth-order valence-electron chi connectivity index (χ4n) is 1.74. The molecule has 0 saturated heterocycles. The maximum atomic E-state index is 12.9. The number of halogens is 1. The first-order chi connectivity index (χ1) is 8.24. The molecule has 0 bridgehead atoms. The van der Waals surface area contributed by atoms with Gasteiger partial charge in [-0.3, -0.25) is 0 Å². The van der Waals surface area contributed by atoms with Crippen LogP contribution in [0.2, 0.25) is 0 Å². The van der Waals surface area contributed by atoms with E-state index in [0.29, 0.717) is 0 Å². The van der Waals surface area contributed by atoms with Crippen LogP contribution in [0, 0.1) is 24.6 Å². The largest absolute Gasteiger partial charge is 0.207 e. The van der Waals surface area contributed by atoms with Crippen LogP contribution in [-0.2, 0) is 0 Å². The first-order valence-electron chi connectivity index (χ1n) is 6.49. The fourth-order valence-corrected chi connectivity index (χ4v) is 1.74. The zero-order valence-electron chi connectivity index (χ0n) is 10.9. The highest BCUT2D eigenvalue weighted by Crippen LogP contribution is 2.09. The minimum atomic E-state index is -0.187. The van der Waals surface area contributed by atoms with Crippen LogP contribution in [0.25, 0.3) is 0 Å². The highest BCUT2D eigenvalue weighted by Gasteiger charge is 1.95. The second kappa shape index (κ2) is 7.90. The Balaban J connectivity index is 2.33. The third-order valence-electron chi connectivity index (χ3n) is 2.82. The Bertz CT molecular complexity index is 396. The van der Waals surface area contributed by atoms with Crippen molar-refractivity contribution in [3.8, 4) is 11.8 Å². The predicted molar refractivity (Wildman–Crippen MR) is 71.4 cm³/mol. The number of unbranched alkanes of at least 4 members (excludes halogenated alkanes) is 5. The number of aryl methyl sites for hydroxylation is 1. The smallest absolute Gasteiger partial charge is 0.123 e. The molecule has 1 rings (SSSR count). The molecular weight excluding hydrogens is 211 g/mol. The van der Waals surface area contributed by atoms with Crippen molar-refractivity contribution in [2.75, 3.05) is 0 Å². The lowest BCUT2D eigenvalue weighted by Gasteiger charge is -1.97. The second-order valence-electron chi connectivity index (χ2n) is 4.43. The van der Waals surface area contributed by atoms with Crippen LogP contribution < -0.4 is 0 Å². The van der Waals surface area contributed by atoms with E-state index in [-0.39, 0.29) is 5.82 Å². The molecule has 0 aromatic heterocycles. The molecule has 92 valence electrons. The molecule has 1 aromatic carbocycles. The van der Waals surface area contributed by atoms with Crippen molar-refractivity contribution >= 4 is 0 Å². The Labute approximate surface area is 104 Å². The van der Waals surface area contributed by atoms with E-state index >= 15 is 0 Å². The van der Waals surface area contributed by atoms with Crippen LogP contribution in [-0.4, -0.2) is 0 Å². The lowest BCUT2D eigenvalue weighted by Crippen LogP contribution is -1.84. The molecule has 17 heavy (non-hydrogen) atoms. The molecule has 0 radical (unpaired) electrons. The number of benzene rings is 1. The molecule has 0 amide bonds. The van der Waals surface area contributed by atoms with Crippen molar-refractivity contribution in [3.05, 3.63) is 35.1 Å². The van der Waals surface area contributed by atoms with Crippen LogP contribution in [0.3, 0.4) is 0 Å². The maximum absolute atomic E-state index is 12.9. The Morgan fingerprint density at radius 3 is 2.59 bits per heavy atom. The van der Waals surface area contributed by atoms with Gasteiger partial charge in [0.1, 0.15) is 5.82 Å². The van der Waals surface area contributed by atoms with Gasteiger partial charge in [0, 0.05) is 12.0 Å². The van der Waals surface area contributed by atoms with Gasteiger partial charge in [0.25, 0.3) is 0 Å². The van der Waals surface area contributed by atoms with Crippen LogP contribution in [0.5, 0.6) is 0 Å². The first kappa shape index (κ1) is 13.8. The second-order valence-corrected chi connectivity index (χ2v) is 4.43. The topological polar surface area (TPSA) is 0 Å². The zero-order valence-corrected chi connectivity index (χ0v) is 10.9. The van der Waals surface area contributed by atoms with E-state index in [1.807, 2.05) is 6.92 Å². The highest BCUT2D eigenvalue weighted by molar-refractivity contribution is 5.40. The van der Waals surface area contributed by atoms with Crippen molar-refractivity contribution in [1.82, 2.24) is 0 Å². The van der Waals surface area contributed by atoms with Gasteiger partial charge in [0.2, 0.25) is 0 Å². The summed E-state index contributed by atoms with van der Waals surface area (Å²) < 4.78 is 12.9. The standard InChI is InChI=1S/C16H21F/c1-3-4-5-6-7-8-9-10-15-11-12-16(17)13-14(15)2/h11-13H,3-8H2,1-2H3. The molecule has 0 spiro atoms. The number of rotatable bonds is 5. The Morgan fingerprint density at radius 2 is 1.88 bits per heavy atom. The fraction of sp³-hybridized carbons (Fsp3) is 0.500. The molecule has 0 unspecified atom stereocenters. The normalized spacial score (nSPS) is 9.82. The van der Waals surface area contributed by atoms with Gasteiger partial charge in [0.05, 0.1) is 0 Å². The third kappa shape index (κ3) is 5.54. The van der Waals surface area contributed by atoms with Gasteiger partial charge in [-0.25, -0.2) is 4.39 Å². The molecule has 0 N–H and O–H groups in total. The summed E-state index contributed by atoms with van der Waals surface area (Å²) in [4.78, 5) is 0. The average Bonchev–Trinajstić information content (AvgIpc) is 2.30. The van der Waals surface area contributed by atoms with E-state index in [9.17, 15) is 4.39 Å². The zero-order chi connectivity index (χ0) is 12.5. The van der Waals surface area contributed by atoms with Crippen molar-refractivity contribution in [2.45, 2.75) is 52.4 Å².